The molecule has 5 nitrogen and oxygen atoms in total. The van der Waals surface area contributed by atoms with Gasteiger partial charge in [-0.1, -0.05) is 12.1 Å². The van der Waals surface area contributed by atoms with Crippen LogP contribution >= 0.6 is 11.3 Å². The molecule has 31 heavy (non-hydrogen) atoms. The third kappa shape index (κ3) is 4.26. The predicted molar refractivity (Wildman–Crippen MR) is 113 cm³/mol. The number of alkyl halides is 3. The number of hydrogen-bond donors (Lipinski definition) is 1. The van der Waals surface area contributed by atoms with Crippen molar-refractivity contribution in [2.45, 2.75) is 12.3 Å². The number of anilines is 1. The Morgan fingerprint density at radius 2 is 2.10 bits per heavy atom. The Morgan fingerprint density at radius 3 is 2.81 bits per heavy atom. The molecule has 2 heterocycles. The van der Waals surface area contributed by atoms with Crippen LogP contribution in [0.3, 0.4) is 0 Å². The second-order valence-electron chi connectivity index (χ2n) is 7.20. The minimum atomic E-state index is -4.40. The number of morpholine rings is 1. The van der Waals surface area contributed by atoms with Gasteiger partial charge >= 0.3 is 12.1 Å². The van der Waals surface area contributed by atoms with Crippen LogP contribution in [0.4, 0.5) is 18.9 Å². The Hall–Kier alpha value is -2.62. The molecule has 0 aliphatic carbocycles. The number of nitrogens with zero attached hydrogens (tertiary/aromatic N) is 1. The van der Waals surface area contributed by atoms with E-state index < -0.39 is 17.7 Å². The SMILES string of the molecule is COC(=O)c1cc(-c2csc3cc(C(F)(F)F)ccc23)ccc1N1CCO[C@H](CO)C1. The summed E-state index contributed by atoms with van der Waals surface area (Å²) in [7, 11) is 1.30. The lowest BCUT2D eigenvalue weighted by Gasteiger charge is -2.34. The van der Waals surface area contributed by atoms with Gasteiger partial charge in [-0.15, -0.1) is 11.3 Å². The van der Waals surface area contributed by atoms with Crippen LogP contribution in [0.25, 0.3) is 21.2 Å². The van der Waals surface area contributed by atoms with Crippen LogP contribution in [0, 0.1) is 0 Å². The third-order valence-electron chi connectivity index (χ3n) is 5.30. The second kappa shape index (κ2) is 8.49. The zero-order chi connectivity index (χ0) is 22.2. The molecule has 2 aromatic carbocycles. The van der Waals surface area contributed by atoms with Crippen LogP contribution in [0.5, 0.6) is 0 Å². The van der Waals surface area contributed by atoms with Gasteiger partial charge in [0, 0.05) is 28.7 Å². The summed E-state index contributed by atoms with van der Waals surface area (Å²) in [6, 6.07) is 9.01. The lowest BCUT2D eigenvalue weighted by Crippen LogP contribution is -2.44. The number of methoxy groups -OCH3 is 1. The van der Waals surface area contributed by atoms with Crippen LogP contribution in [-0.2, 0) is 15.7 Å². The first kappa shape index (κ1) is 21.6. The van der Waals surface area contributed by atoms with Gasteiger partial charge in [0.2, 0.25) is 0 Å². The molecule has 0 radical (unpaired) electrons. The molecule has 3 aromatic rings. The maximum atomic E-state index is 13.0. The zero-order valence-corrected chi connectivity index (χ0v) is 17.4. The highest BCUT2D eigenvalue weighted by molar-refractivity contribution is 7.17. The molecule has 1 saturated heterocycles. The number of esters is 1. The van der Waals surface area contributed by atoms with Crippen molar-refractivity contribution in [2.75, 3.05) is 38.3 Å². The quantitative estimate of drug-likeness (QED) is 0.589. The minimum Gasteiger partial charge on any atom is -0.465 e. The van der Waals surface area contributed by atoms with Crippen LogP contribution in [0.2, 0.25) is 0 Å². The number of carbonyl (C=O) groups excluding carboxylic acids is 1. The molecule has 1 fully saturated rings. The average Bonchev–Trinajstić information content (AvgIpc) is 3.21. The third-order valence-corrected chi connectivity index (χ3v) is 6.24. The Morgan fingerprint density at radius 1 is 1.29 bits per heavy atom. The van der Waals surface area contributed by atoms with E-state index in [0.717, 1.165) is 17.7 Å². The monoisotopic (exact) mass is 451 g/mol. The Labute approximate surface area is 180 Å². The van der Waals surface area contributed by atoms with Gasteiger partial charge in [-0.3, -0.25) is 0 Å². The summed E-state index contributed by atoms with van der Waals surface area (Å²) in [6.45, 7) is 1.29. The molecular weight excluding hydrogens is 431 g/mol. The van der Waals surface area contributed by atoms with E-state index in [0.29, 0.717) is 46.6 Å². The van der Waals surface area contributed by atoms with Crippen molar-refractivity contribution in [3.8, 4) is 11.1 Å². The summed E-state index contributed by atoms with van der Waals surface area (Å²) >= 11 is 1.22. The van der Waals surface area contributed by atoms with Crippen molar-refractivity contribution >= 4 is 33.1 Å². The van der Waals surface area contributed by atoms with Crippen molar-refractivity contribution in [3.05, 3.63) is 52.9 Å². The van der Waals surface area contributed by atoms with E-state index in [1.54, 1.807) is 17.5 Å². The van der Waals surface area contributed by atoms with E-state index in [9.17, 15) is 23.1 Å². The van der Waals surface area contributed by atoms with Gasteiger partial charge in [-0.2, -0.15) is 13.2 Å². The molecule has 1 aliphatic rings. The topological polar surface area (TPSA) is 59.0 Å². The first-order chi connectivity index (χ1) is 14.8. The van der Waals surface area contributed by atoms with Crippen LogP contribution < -0.4 is 4.90 Å². The van der Waals surface area contributed by atoms with E-state index in [1.807, 2.05) is 11.0 Å². The predicted octanol–water partition coefficient (Wildman–Crippen LogP) is 4.57. The zero-order valence-electron chi connectivity index (χ0n) is 16.6. The van der Waals surface area contributed by atoms with Crippen molar-refractivity contribution in [3.63, 3.8) is 0 Å². The Balaban J connectivity index is 1.75. The van der Waals surface area contributed by atoms with Crippen molar-refractivity contribution in [1.29, 1.82) is 0 Å². The number of thiophene rings is 1. The number of fused-ring (bicyclic) bond motifs is 1. The van der Waals surface area contributed by atoms with Crippen LogP contribution in [0.1, 0.15) is 15.9 Å². The number of aliphatic hydroxyl groups excluding tert-OH is 1. The summed E-state index contributed by atoms with van der Waals surface area (Å²) in [5, 5.41) is 11.9. The van der Waals surface area contributed by atoms with Gasteiger partial charge in [-0.25, -0.2) is 4.79 Å². The van der Waals surface area contributed by atoms with E-state index in [2.05, 4.69) is 0 Å². The number of benzene rings is 2. The number of aliphatic hydroxyl groups is 1. The first-order valence-electron chi connectivity index (χ1n) is 9.60. The van der Waals surface area contributed by atoms with Gasteiger partial charge in [0.1, 0.15) is 0 Å². The van der Waals surface area contributed by atoms with Crippen molar-refractivity contribution in [2.24, 2.45) is 0 Å². The smallest absolute Gasteiger partial charge is 0.416 e. The molecule has 164 valence electrons. The molecule has 1 atom stereocenters. The molecule has 1 aromatic heterocycles. The van der Waals surface area contributed by atoms with Crippen molar-refractivity contribution < 1.29 is 32.5 Å². The molecule has 9 heteroatoms. The minimum absolute atomic E-state index is 0.122. The van der Waals surface area contributed by atoms with Gasteiger partial charge in [0.25, 0.3) is 0 Å². The highest BCUT2D eigenvalue weighted by atomic mass is 32.1. The number of hydrogen-bond acceptors (Lipinski definition) is 6. The van der Waals surface area contributed by atoms with Gasteiger partial charge in [-0.05, 0) is 35.2 Å². The fraction of sp³-hybridized carbons (Fsp3) is 0.318. The molecule has 0 unspecified atom stereocenters. The lowest BCUT2D eigenvalue weighted by molar-refractivity contribution is -0.137. The lowest BCUT2D eigenvalue weighted by atomic mass is 9.99. The molecule has 0 amide bonds. The molecule has 1 aliphatic heterocycles. The number of rotatable bonds is 4. The van der Waals surface area contributed by atoms with E-state index in [4.69, 9.17) is 9.47 Å². The summed E-state index contributed by atoms with van der Waals surface area (Å²) < 4.78 is 50.0. The van der Waals surface area contributed by atoms with Crippen LogP contribution in [0.15, 0.2) is 41.8 Å². The van der Waals surface area contributed by atoms with E-state index in [-0.39, 0.29) is 12.7 Å². The molecular formula is C22H20F3NO4S. The van der Waals surface area contributed by atoms with Crippen LogP contribution in [-0.4, -0.2) is 50.6 Å². The number of halogens is 3. The van der Waals surface area contributed by atoms with E-state index in [1.165, 1.54) is 24.5 Å². The fourth-order valence-corrected chi connectivity index (χ4v) is 4.74. The average molecular weight is 451 g/mol. The van der Waals surface area contributed by atoms with Gasteiger partial charge in [0.05, 0.1) is 43.2 Å². The number of ether oxygens (including phenoxy) is 2. The van der Waals surface area contributed by atoms with E-state index >= 15 is 0 Å². The first-order valence-corrected chi connectivity index (χ1v) is 10.5. The Kier molecular flexibility index (Phi) is 5.92. The van der Waals surface area contributed by atoms with Gasteiger partial charge in [0.15, 0.2) is 0 Å². The Bertz CT molecular complexity index is 1110. The highest BCUT2D eigenvalue weighted by Crippen LogP contribution is 2.39. The maximum Gasteiger partial charge on any atom is 0.416 e. The summed E-state index contributed by atoms with van der Waals surface area (Å²) in [6.07, 6.45) is -4.75. The van der Waals surface area contributed by atoms with Gasteiger partial charge < -0.3 is 19.5 Å². The summed E-state index contributed by atoms with van der Waals surface area (Å²) in [5.74, 6) is -0.511. The molecule has 4 rings (SSSR count). The normalized spacial score (nSPS) is 17.2. The second-order valence-corrected chi connectivity index (χ2v) is 8.11. The standard InChI is InChI=1S/C22H20F3NO4S/c1-29-21(28)17-8-13(2-5-19(17)26-6-7-30-15(10-26)11-27)18-12-31-20-9-14(22(23,24)25)3-4-16(18)20/h2-5,8-9,12,15,27H,6-7,10-11H2,1H3/t15-/m0/s1. The number of carbonyl (C=O) groups is 1. The fourth-order valence-electron chi connectivity index (χ4n) is 3.73. The summed E-state index contributed by atoms with van der Waals surface area (Å²) in [5.41, 5.74) is 1.79. The molecule has 0 bridgehead atoms. The maximum absolute atomic E-state index is 13.0. The molecule has 1 N–H and O–H groups in total. The largest absolute Gasteiger partial charge is 0.465 e. The van der Waals surface area contributed by atoms with Crippen molar-refractivity contribution in [1.82, 2.24) is 0 Å². The highest BCUT2D eigenvalue weighted by Gasteiger charge is 2.31. The summed E-state index contributed by atoms with van der Waals surface area (Å²) in [4.78, 5) is 14.5. The molecule has 0 saturated carbocycles. The molecule has 0 spiro atoms.